The molecule has 0 unspecified atom stereocenters. The Balaban J connectivity index is 1.45. The molecule has 1 N–H and O–H groups in total. The lowest BCUT2D eigenvalue weighted by molar-refractivity contribution is -0.126. The van der Waals surface area contributed by atoms with Crippen LogP contribution in [-0.2, 0) is 22.7 Å². The highest BCUT2D eigenvalue weighted by Gasteiger charge is 2.28. The van der Waals surface area contributed by atoms with Crippen molar-refractivity contribution in [1.82, 2.24) is 20.4 Å². The summed E-state index contributed by atoms with van der Waals surface area (Å²) in [6, 6.07) is 7.56. The monoisotopic (exact) mass is 372 g/mol. The molecule has 1 fully saturated rings. The minimum absolute atomic E-state index is 0.0189. The molecular formula is C19H24N4O4. The van der Waals surface area contributed by atoms with Gasteiger partial charge in [-0.3, -0.25) is 9.59 Å². The van der Waals surface area contributed by atoms with Crippen molar-refractivity contribution in [1.29, 1.82) is 0 Å². The van der Waals surface area contributed by atoms with Gasteiger partial charge in [-0.15, -0.1) is 0 Å². The molecule has 2 amide bonds. The lowest BCUT2D eigenvalue weighted by Crippen LogP contribution is -2.42. The first-order valence-corrected chi connectivity index (χ1v) is 9.01. The van der Waals surface area contributed by atoms with Gasteiger partial charge in [0.1, 0.15) is 6.61 Å². The summed E-state index contributed by atoms with van der Waals surface area (Å²) in [6.45, 7) is 3.60. The number of nitrogens with zero attached hydrogens (tertiary/aromatic N) is 3. The van der Waals surface area contributed by atoms with Crippen molar-refractivity contribution in [2.24, 2.45) is 5.92 Å². The molecule has 2 heterocycles. The molecule has 1 aromatic carbocycles. The number of ether oxygens (including phenoxy) is 1. The van der Waals surface area contributed by atoms with E-state index in [2.05, 4.69) is 15.5 Å². The van der Waals surface area contributed by atoms with Crippen LogP contribution in [0.25, 0.3) is 0 Å². The molecule has 1 aromatic heterocycles. The van der Waals surface area contributed by atoms with Crippen molar-refractivity contribution >= 4 is 11.8 Å². The molecule has 0 aliphatic carbocycles. The third-order valence-electron chi connectivity index (χ3n) is 4.65. The fourth-order valence-electron chi connectivity index (χ4n) is 3.08. The third kappa shape index (κ3) is 4.91. The number of nitrogens with one attached hydrogen (secondary N) is 1. The summed E-state index contributed by atoms with van der Waals surface area (Å²) in [4.78, 5) is 30.8. The van der Waals surface area contributed by atoms with Gasteiger partial charge in [-0.1, -0.05) is 22.9 Å². The van der Waals surface area contributed by atoms with Gasteiger partial charge in [0.05, 0.1) is 6.54 Å². The fraction of sp³-hybridized carbons (Fsp3) is 0.474. The Labute approximate surface area is 157 Å². The lowest BCUT2D eigenvalue weighted by Gasteiger charge is -2.31. The Kier molecular flexibility index (Phi) is 6.18. The van der Waals surface area contributed by atoms with Gasteiger partial charge >= 0.3 is 0 Å². The molecule has 0 atom stereocenters. The minimum atomic E-state index is -0.117. The summed E-state index contributed by atoms with van der Waals surface area (Å²) < 4.78 is 9.98. The highest BCUT2D eigenvalue weighted by molar-refractivity contribution is 5.94. The van der Waals surface area contributed by atoms with E-state index in [0.29, 0.717) is 43.2 Å². The van der Waals surface area contributed by atoms with Crippen LogP contribution in [0.15, 0.2) is 28.8 Å². The number of likely N-dealkylation sites (tertiary alicyclic amines) is 1. The number of benzene rings is 1. The number of methoxy groups -OCH3 is 1. The molecule has 8 nitrogen and oxygen atoms in total. The second-order valence-electron chi connectivity index (χ2n) is 6.69. The van der Waals surface area contributed by atoms with Crippen LogP contribution in [0.3, 0.4) is 0 Å². The van der Waals surface area contributed by atoms with E-state index in [0.717, 1.165) is 5.56 Å². The molecule has 144 valence electrons. The van der Waals surface area contributed by atoms with Crippen LogP contribution in [0.2, 0.25) is 0 Å². The smallest absolute Gasteiger partial charge is 0.253 e. The van der Waals surface area contributed by atoms with Crippen molar-refractivity contribution in [2.75, 3.05) is 20.2 Å². The molecule has 1 aliphatic rings. The van der Waals surface area contributed by atoms with Crippen LogP contribution in [0.5, 0.6) is 0 Å². The number of hydrogen-bond donors (Lipinski definition) is 1. The maximum atomic E-state index is 12.5. The first-order valence-electron chi connectivity index (χ1n) is 9.01. The van der Waals surface area contributed by atoms with E-state index in [-0.39, 0.29) is 30.9 Å². The normalized spacial score (nSPS) is 15.0. The number of amides is 2. The van der Waals surface area contributed by atoms with E-state index in [4.69, 9.17) is 9.26 Å². The molecule has 0 spiro atoms. The van der Waals surface area contributed by atoms with Gasteiger partial charge in [0, 0.05) is 31.7 Å². The lowest BCUT2D eigenvalue weighted by atomic mass is 9.95. The highest BCUT2D eigenvalue weighted by atomic mass is 16.5. The van der Waals surface area contributed by atoms with Crippen LogP contribution in [-0.4, -0.2) is 47.1 Å². The second kappa shape index (κ2) is 8.77. The molecule has 1 aliphatic heterocycles. The summed E-state index contributed by atoms with van der Waals surface area (Å²) in [5, 5.41) is 6.58. The van der Waals surface area contributed by atoms with E-state index in [1.165, 1.54) is 0 Å². The molecule has 27 heavy (non-hydrogen) atoms. The second-order valence-corrected chi connectivity index (χ2v) is 6.69. The van der Waals surface area contributed by atoms with Crippen molar-refractivity contribution in [3.63, 3.8) is 0 Å². The number of aromatic nitrogens is 2. The Bertz CT molecular complexity index is 779. The predicted octanol–water partition coefficient (Wildman–Crippen LogP) is 1.69. The van der Waals surface area contributed by atoms with Gasteiger partial charge in [0.2, 0.25) is 11.8 Å². The topological polar surface area (TPSA) is 97.6 Å². The van der Waals surface area contributed by atoms with Crippen molar-refractivity contribution in [3.8, 4) is 0 Å². The Morgan fingerprint density at radius 3 is 2.63 bits per heavy atom. The van der Waals surface area contributed by atoms with Crippen molar-refractivity contribution in [2.45, 2.75) is 32.9 Å². The van der Waals surface area contributed by atoms with Crippen LogP contribution in [0.4, 0.5) is 0 Å². The average Bonchev–Trinajstić information content (AvgIpc) is 3.14. The van der Waals surface area contributed by atoms with Gasteiger partial charge in [-0.25, -0.2) is 0 Å². The van der Waals surface area contributed by atoms with Gasteiger partial charge < -0.3 is 19.5 Å². The van der Waals surface area contributed by atoms with Gasteiger partial charge in [0.25, 0.3) is 5.91 Å². The maximum Gasteiger partial charge on any atom is 0.253 e. The van der Waals surface area contributed by atoms with E-state index in [1.54, 1.807) is 7.11 Å². The standard InChI is InChI=1S/C19H24N4O4/c1-13-3-5-15(6-4-13)19(25)23-9-7-14(8-10-23)18(24)20-11-17-21-16(12-26-2)22-27-17/h3-6,14H,7-12H2,1-2H3,(H,20,24). The Hall–Kier alpha value is -2.74. The number of carbonyl (C=O) groups excluding carboxylic acids is 2. The summed E-state index contributed by atoms with van der Waals surface area (Å²) in [5.41, 5.74) is 1.81. The Morgan fingerprint density at radius 1 is 1.26 bits per heavy atom. The zero-order valence-electron chi connectivity index (χ0n) is 15.6. The highest BCUT2D eigenvalue weighted by Crippen LogP contribution is 2.19. The number of piperidine rings is 1. The zero-order chi connectivity index (χ0) is 19.2. The molecule has 0 radical (unpaired) electrons. The quantitative estimate of drug-likeness (QED) is 0.829. The molecule has 8 heteroatoms. The minimum Gasteiger partial charge on any atom is -0.377 e. The summed E-state index contributed by atoms with van der Waals surface area (Å²) >= 11 is 0. The first-order chi connectivity index (χ1) is 13.1. The van der Waals surface area contributed by atoms with Crippen LogP contribution in [0.1, 0.15) is 40.5 Å². The largest absolute Gasteiger partial charge is 0.377 e. The Morgan fingerprint density at radius 2 is 1.96 bits per heavy atom. The number of carbonyl (C=O) groups is 2. The van der Waals surface area contributed by atoms with Crippen LogP contribution >= 0.6 is 0 Å². The van der Waals surface area contributed by atoms with E-state index >= 15 is 0 Å². The van der Waals surface area contributed by atoms with E-state index in [9.17, 15) is 9.59 Å². The van der Waals surface area contributed by atoms with Gasteiger partial charge in [0.15, 0.2) is 5.82 Å². The third-order valence-corrected chi connectivity index (χ3v) is 4.65. The number of rotatable bonds is 6. The van der Waals surface area contributed by atoms with Crippen LogP contribution < -0.4 is 5.32 Å². The van der Waals surface area contributed by atoms with Crippen LogP contribution in [0, 0.1) is 12.8 Å². The summed E-state index contributed by atoms with van der Waals surface area (Å²) in [5.74, 6) is 0.648. The molecule has 1 saturated heterocycles. The molecular weight excluding hydrogens is 348 g/mol. The molecule has 0 bridgehead atoms. The van der Waals surface area contributed by atoms with E-state index < -0.39 is 0 Å². The summed E-state index contributed by atoms with van der Waals surface area (Å²) in [7, 11) is 1.55. The van der Waals surface area contributed by atoms with Gasteiger partial charge in [-0.2, -0.15) is 4.98 Å². The molecule has 2 aromatic rings. The predicted molar refractivity (Wildman–Crippen MR) is 96.7 cm³/mol. The average molecular weight is 372 g/mol. The summed E-state index contributed by atoms with van der Waals surface area (Å²) in [6.07, 6.45) is 1.28. The van der Waals surface area contributed by atoms with Gasteiger partial charge in [-0.05, 0) is 31.9 Å². The molecule has 3 rings (SSSR count). The fourth-order valence-corrected chi connectivity index (χ4v) is 3.08. The van der Waals surface area contributed by atoms with E-state index in [1.807, 2.05) is 36.1 Å². The number of aryl methyl sites for hydroxylation is 1. The SMILES string of the molecule is COCc1noc(CNC(=O)C2CCN(C(=O)c3ccc(C)cc3)CC2)n1. The molecule has 0 saturated carbocycles. The van der Waals surface area contributed by atoms with Crippen molar-refractivity contribution < 1.29 is 18.8 Å². The first kappa shape index (κ1) is 19.0. The zero-order valence-corrected chi connectivity index (χ0v) is 15.6. The maximum absolute atomic E-state index is 12.5. The van der Waals surface area contributed by atoms with Crippen molar-refractivity contribution in [3.05, 3.63) is 47.1 Å². The number of hydrogen-bond acceptors (Lipinski definition) is 6.